The first-order valence-corrected chi connectivity index (χ1v) is 5.25. The van der Waals surface area contributed by atoms with Crippen molar-refractivity contribution in [1.29, 1.82) is 0 Å². The summed E-state index contributed by atoms with van der Waals surface area (Å²) in [6, 6.07) is 0. The summed E-state index contributed by atoms with van der Waals surface area (Å²) in [5, 5.41) is 3.92. The molecule has 2 unspecified atom stereocenters. The molecular weight excluding hydrogens is 164 g/mol. The Morgan fingerprint density at radius 2 is 1.31 bits per heavy atom. The molecule has 2 rings (SSSR count). The number of hydrazine groups is 2. The Morgan fingerprint density at radius 1 is 0.769 bits per heavy atom. The Morgan fingerprint density at radius 3 is 2.00 bits per heavy atom. The fourth-order valence-corrected chi connectivity index (χ4v) is 2.59. The number of nitrogens with two attached hydrogens (primary N) is 2. The van der Waals surface area contributed by atoms with Crippen molar-refractivity contribution < 1.29 is 0 Å². The Bertz CT molecular complexity index is 173. The number of rotatable bonds is 0. The molecule has 0 spiro atoms. The molecule has 0 bridgehead atoms. The van der Waals surface area contributed by atoms with Gasteiger partial charge in [-0.15, -0.1) is 0 Å². The molecule has 2 fully saturated rings. The van der Waals surface area contributed by atoms with E-state index in [0.717, 1.165) is 38.0 Å². The molecule has 2 atom stereocenters. The van der Waals surface area contributed by atoms with E-state index in [1.807, 2.05) is 10.0 Å². The van der Waals surface area contributed by atoms with Crippen LogP contribution in [0.15, 0.2) is 0 Å². The van der Waals surface area contributed by atoms with Crippen LogP contribution < -0.4 is 11.7 Å². The largest absolute Gasteiger partial charge is 0.269 e. The molecule has 0 radical (unpaired) electrons. The molecule has 2 saturated heterocycles. The lowest BCUT2D eigenvalue weighted by molar-refractivity contribution is 0.117. The lowest BCUT2D eigenvalue weighted by atomic mass is 9.83. The molecule has 4 heteroatoms. The fourth-order valence-electron chi connectivity index (χ4n) is 2.59. The van der Waals surface area contributed by atoms with Crippen LogP contribution in [0, 0.1) is 11.8 Å². The van der Waals surface area contributed by atoms with Gasteiger partial charge in [-0.2, -0.15) is 0 Å². The standard InChI is InChI=1S/C9H20N4/c10-12-4-1-8-2-6-13(11)7-9(8)3-5-12/h8-9H,1-7,10-11H2. The van der Waals surface area contributed by atoms with Crippen molar-refractivity contribution in [2.45, 2.75) is 19.3 Å². The molecule has 0 saturated carbocycles. The quantitative estimate of drug-likeness (QED) is 0.510. The van der Waals surface area contributed by atoms with Gasteiger partial charge in [-0.3, -0.25) is 11.7 Å². The molecule has 0 aromatic carbocycles. The first-order chi connectivity index (χ1) is 6.25. The van der Waals surface area contributed by atoms with Gasteiger partial charge in [0.25, 0.3) is 0 Å². The SMILES string of the molecule is NN1CCC2CCN(N)CC2CC1. The maximum atomic E-state index is 5.82. The monoisotopic (exact) mass is 184 g/mol. The lowest BCUT2D eigenvalue weighted by Crippen LogP contribution is -2.44. The summed E-state index contributed by atoms with van der Waals surface area (Å²) in [5.74, 6) is 13.3. The van der Waals surface area contributed by atoms with Gasteiger partial charge in [-0.1, -0.05) is 0 Å². The van der Waals surface area contributed by atoms with E-state index in [0.29, 0.717) is 0 Å². The summed E-state index contributed by atoms with van der Waals surface area (Å²) in [5.41, 5.74) is 0. The first-order valence-electron chi connectivity index (χ1n) is 5.25. The van der Waals surface area contributed by atoms with Crippen LogP contribution in [0.25, 0.3) is 0 Å². The van der Waals surface area contributed by atoms with Crippen molar-refractivity contribution in [2.75, 3.05) is 26.2 Å². The van der Waals surface area contributed by atoms with Gasteiger partial charge in [0.2, 0.25) is 0 Å². The van der Waals surface area contributed by atoms with Gasteiger partial charge in [0.1, 0.15) is 0 Å². The van der Waals surface area contributed by atoms with Crippen LogP contribution in [-0.2, 0) is 0 Å². The zero-order valence-corrected chi connectivity index (χ0v) is 8.15. The van der Waals surface area contributed by atoms with Crippen molar-refractivity contribution in [2.24, 2.45) is 23.5 Å². The van der Waals surface area contributed by atoms with Crippen molar-refractivity contribution in [3.05, 3.63) is 0 Å². The Labute approximate surface area is 79.8 Å². The lowest BCUT2D eigenvalue weighted by Gasteiger charge is -2.35. The molecule has 13 heavy (non-hydrogen) atoms. The normalized spacial score (nSPS) is 38.3. The van der Waals surface area contributed by atoms with E-state index in [1.165, 1.54) is 19.3 Å². The summed E-state index contributed by atoms with van der Waals surface area (Å²) in [4.78, 5) is 0. The Hall–Kier alpha value is -0.160. The van der Waals surface area contributed by atoms with Crippen molar-refractivity contribution in [3.8, 4) is 0 Å². The highest BCUT2D eigenvalue weighted by atomic mass is 15.4. The van der Waals surface area contributed by atoms with E-state index in [4.69, 9.17) is 11.7 Å². The van der Waals surface area contributed by atoms with Gasteiger partial charge >= 0.3 is 0 Å². The molecule has 2 aliphatic rings. The molecule has 76 valence electrons. The van der Waals surface area contributed by atoms with E-state index in [2.05, 4.69) is 0 Å². The molecule has 4 nitrogen and oxygen atoms in total. The molecule has 0 aromatic heterocycles. The van der Waals surface area contributed by atoms with Crippen molar-refractivity contribution >= 4 is 0 Å². The van der Waals surface area contributed by atoms with Gasteiger partial charge in [-0.25, -0.2) is 10.0 Å². The third-order valence-electron chi connectivity index (χ3n) is 3.50. The van der Waals surface area contributed by atoms with Crippen LogP contribution in [0.3, 0.4) is 0 Å². The van der Waals surface area contributed by atoms with E-state index in [-0.39, 0.29) is 0 Å². The second-order valence-corrected chi connectivity index (χ2v) is 4.42. The highest BCUT2D eigenvalue weighted by Gasteiger charge is 2.29. The van der Waals surface area contributed by atoms with Crippen molar-refractivity contribution in [1.82, 2.24) is 10.0 Å². The van der Waals surface area contributed by atoms with Crippen molar-refractivity contribution in [3.63, 3.8) is 0 Å². The predicted molar refractivity (Wildman–Crippen MR) is 52.4 cm³/mol. The van der Waals surface area contributed by atoms with E-state index < -0.39 is 0 Å². The van der Waals surface area contributed by atoms with E-state index in [9.17, 15) is 0 Å². The van der Waals surface area contributed by atoms with Gasteiger partial charge in [0, 0.05) is 26.2 Å². The zero-order chi connectivity index (χ0) is 9.26. The molecule has 0 aliphatic carbocycles. The van der Waals surface area contributed by atoms with Gasteiger partial charge in [0.05, 0.1) is 0 Å². The molecular formula is C9H20N4. The first kappa shape index (κ1) is 9.40. The summed E-state index contributed by atoms with van der Waals surface area (Å²) in [6.07, 6.45) is 3.74. The number of nitrogens with zero attached hydrogens (tertiary/aromatic N) is 2. The smallest absolute Gasteiger partial charge is 0.0160 e. The number of hydrogen-bond acceptors (Lipinski definition) is 4. The summed E-state index contributed by atoms with van der Waals surface area (Å²) < 4.78 is 0. The third-order valence-corrected chi connectivity index (χ3v) is 3.50. The minimum absolute atomic E-state index is 0.785. The van der Waals surface area contributed by atoms with E-state index >= 15 is 0 Å². The van der Waals surface area contributed by atoms with Crippen LogP contribution in [0.5, 0.6) is 0 Å². The van der Waals surface area contributed by atoms with Gasteiger partial charge in [-0.05, 0) is 31.1 Å². The van der Waals surface area contributed by atoms with Crippen LogP contribution in [0.2, 0.25) is 0 Å². The Kier molecular flexibility index (Phi) is 2.83. The number of piperidine rings is 1. The van der Waals surface area contributed by atoms with Crippen LogP contribution in [-0.4, -0.2) is 36.2 Å². The second kappa shape index (κ2) is 3.92. The maximum Gasteiger partial charge on any atom is 0.0160 e. The van der Waals surface area contributed by atoms with Crippen LogP contribution in [0.1, 0.15) is 19.3 Å². The van der Waals surface area contributed by atoms with E-state index in [1.54, 1.807) is 0 Å². The second-order valence-electron chi connectivity index (χ2n) is 4.42. The van der Waals surface area contributed by atoms with Crippen LogP contribution in [0.4, 0.5) is 0 Å². The fraction of sp³-hybridized carbons (Fsp3) is 1.00. The molecule has 0 aromatic rings. The minimum Gasteiger partial charge on any atom is -0.269 e. The molecule has 2 aliphatic heterocycles. The average Bonchev–Trinajstić information content (AvgIpc) is 2.29. The van der Waals surface area contributed by atoms with Gasteiger partial charge < -0.3 is 0 Å². The molecule has 2 heterocycles. The number of fused-ring (bicyclic) bond motifs is 1. The van der Waals surface area contributed by atoms with Crippen LogP contribution >= 0.6 is 0 Å². The topological polar surface area (TPSA) is 58.5 Å². The Balaban J connectivity index is 1.95. The summed E-state index contributed by atoms with van der Waals surface area (Å²) >= 11 is 0. The average molecular weight is 184 g/mol. The predicted octanol–water partition coefficient (Wildman–Crippen LogP) is -0.232. The molecule has 4 N–H and O–H groups in total. The highest BCUT2D eigenvalue weighted by Crippen LogP contribution is 2.29. The highest BCUT2D eigenvalue weighted by molar-refractivity contribution is 4.81. The summed E-state index contributed by atoms with van der Waals surface area (Å²) in [6.45, 7) is 4.23. The summed E-state index contributed by atoms with van der Waals surface area (Å²) in [7, 11) is 0. The van der Waals surface area contributed by atoms with Gasteiger partial charge in [0.15, 0.2) is 0 Å². The third kappa shape index (κ3) is 2.20. The molecule has 0 amide bonds. The number of hydrogen-bond donors (Lipinski definition) is 2. The maximum absolute atomic E-state index is 5.82. The minimum atomic E-state index is 0.785. The zero-order valence-electron chi connectivity index (χ0n) is 8.15.